The fourth-order valence-electron chi connectivity index (χ4n) is 1.36. The van der Waals surface area contributed by atoms with E-state index in [9.17, 15) is 13.6 Å². The topological polar surface area (TPSA) is 38.3 Å². The Morgan fingerprint density at radius 3 is 2.42 bits per heavy atom. The molecular formula is C13H17F2NO2S. The van der Waals surface area contributed by atoms with E-state index in [0.717, 1.165) is 11.8 Å². The van der Waals surface area contributed by atoms with Crippen molar-refractivity contribution in [2.45, 2.75) is 31.3 Å². The van der Waals surface area contributed by atoms with Gasteiger partial charge in [-0.05, 0) is 17.7 Å². The first-order chi connectivity index (χ1) is 8.93. The van der Waals surface area contributed by atoms with Crippen molar-refractivity contribution in [2.75, 3.05) is 12.9 Å². The van der Waals surface area contributed by atoms with Crippen LogP contribution in [-0.4, -0.2) is 24.9 Å². The summed E-state index contributed by atoms with van der Waals surface area (Å²) in [6.07, 6.45) is 0. The average molecular weight is 289 g/mol. The van der Waals surface area contributed by atoms with Crippen molar-refractivity contribution in [3.05, 3.63) is 29.3 Å². The highest BCUT2D eigenvalue weighted by molar-refractivity contribution is 8.00. The van der Waals surface area contributed by atoms with Gasteiger partial charge in [0.05, 0.1) is 17.8 Å². The number of hydrogen-bond donors (Lipinski definition) is 1. The van der Waals surface area contributed by atoms with Crippen molar-refractivity contribution in [1.82, 2.24) is 5.32 Å². The number of carbonyl (C=O) groups is 1. The van der Waals surface area contributed by atoms with E-state index in [0.29, 0.717) is 12.1 Å². The van der Waals surface area contributed by atoms with Crippen LogP contribution in [0.15, 0.2) is 17.0 Å². The van der Waals surface area contributed by atoms with Gasteiger partial charge in [-0.3, -0.25) is 4.79 Å². The minimum atomic E-state index is -0.658. The molecule has 0 aliphatic heterocycles. The molecule has 0 aliphatic carbocycles. The summed E-state index contributed by atoms with van der Waals surface area (Å²) in [5.74, 6) is -1.95. The molecule has 1 rings (SSSR count). The van der Waals surface area contributed by atoms with Crippen LogP contribution >= 0.6 is 11.8 Å². The third kappa shape index (κ3) is 5.16. The second kappa shape index (κ2) is 7.45. The smallest absolute Gasteiger partial charge is 0.315 e. The Kier molecular flexibility index (Phi) is 6.24. The minimum absolute atomic E-state index is 0.117. The van der Waals surface area contributed by atoms with Crippen LogP contribution < -0.4 is 5.32 Å². The molecule has 19 heavy (non-hydrogen) atoms. The number of carbonyl (C=O) groups excluding carboxylic acids is 1. The summed E-state index contributed by atoms with van der Waals surface area (Å²) in [7, 11) is 1.23. The summed E-state index contributed by atoms with van der Waals surface area (Å²) in [6, 6.07) is 2.79. The van der Waals surface area contributed by atoms with E-state index in [2.05, 4.69) is 10.1 Å². The Labute approximate surface area is 115 Å². The first-order valence-corrected chi connectivity index (χ1v) is 6.83. The summed E-state index contributed by atoms with van der Waals surface area (Å²) in [5.41, 5.74) is 0.533. The van der Waals surface area contributed by atoms with Crippen molar-refractivity contribution in [3.8, 4) is 0 Å². The van der Waals surface area contributed by atoms with Crippen molar-refractivity contribution in [1.29, 1.82) is 0 Å². The Bertz CT molecular complexity index is 429. The number of nitrogens with one attached hydrogen (secondary N) is 1. The fraction of sp³-hybridized carbons (Fsp3) is 0.462. The number of halogens is 2. The van der Waals surface area contributed by atoms with Crippen LogP contribution in [0, 0.1) is 11.6 Å². The maximum absolute atomic E-state index is 13.7. The Morgan fingerprint density at radius 1 is 1.37 bits per heavy atom. The summed E-state index contributed by atoms with van der Waals surface area (Å²) in [4.78, 5) is 10.8. The monoisotopic (exact) mass is 289 g/mol. The minimum Gasteiger partial charge on any atom is -0.468 e. The first kappa shape index (κ1) is 15.9. The number of methoxy groups -OCH3 is 1. The van der Waals surface area contributed by atoms with Gasteiger partial charge in [-0.25, -0.2) is 8.78 Å². The third-order valence-corrected chi connectivity index (χ3v) is 3.39. The lowest BCUT2D eigenvalue weighted by Gasteiger charge is -2.10. The number of esters is 1. The van der Waals surface area contributed by atoms with Gasteiger partial charge in [0.2, 0.25) is 0 Å². The van der Waals surface area contributed by atoms with Gasteiger partial charge in [-0.2, -0.15) is 0 Å². The second-order valence-corrected chi connectivity index (χ2v) is 5.27. The van der Waals surface area contributed by atoms with Crippen LogP contribution in [-0.2, 0) is 16.1 Å². The molecule has 0 bridgehead atoms. The SMILES string of the molecule is COC(=O)CSc1c(F)cc(CNC(C)C)cc1F. The quantitative estimate of drug-likeness (QED) is 0.645. The third-order valence-electron chi connectivity index (χ3n) is 2.33. The molecule has 1 aromatic carbocycles. The molecule has 0 unspecified atom stereocenters. The van der Waals surface area contributed by atoms with Crippen LogP contribution in [0.4, 0.5) is 8.78 Å². The summed E-state index contributed by atoms with van der Waals surface area (Å²) in [6.45, 7) is 4.30. The number of benzene rings is 1. The standard InChI is InChI=1S/C13H17F2NO2S/c1-8(2)16-6-9-4-10(14)13(11(15)5-9)19-7-12(17)18-3/h4-5,8,16H,6-7H2,1-3H3. The fourth-order valence-corrected chi connectivity index (χ4v) is 2.14. The van der Waals surface area contributed by atoms with E-state index in [-0.39, 0.29) is 16.7 Å². The van der Waals surface area contributed by atoms with E-state index < -0.39 is 17.6 Å². The highest BCUT2D eigenvalue weighted by Gasteiger charge is 2.14. The molecule has 0 spiro atoms. The van der Waals surface area contributed by atoms with Crippen LogP contribution in [0.3, 0.4) is 0 Å². The predicted molar refractivity (Wildman–Crippen MR) is 71.1 cm³/mol. The molecule has 0 radical (unpaired) electrons. The van der Waals surface area contributed by atoms with Crippen LogP contribution in [0.1, 0.15) is 19.4 Å². The van der Waals surface area contributed by atoms with Crippen LogP contribution in [0.25, 0.3) is 0 Å². The molecule has 6 heteroatoms. The molecule has 0 heterocycles. The van der Waals surface area contributed by atoms with E-state index in [4.69, 9.17) is 0 Å². The molecule has 0 aliphatic rings. The lowest BCUT2D eigenvalue weighted by molar-refractivity contribution is -0.137. The Hall–Kier alpha value is -1.14. The molecule has 106 valence electrons. The van der Waals surface area contributed by atoms with Gasteiger partial charge in [0.25, 0.3) is 0 Å². The zero-order chi connectivity index (χ0) is 14.4. The molecule has 0 atom stereocenters. The molecular weight excluding hydrogens is 272 g/mol. The average Bonchev–Trinajstić information content (AvgIpc) is 2.34. The zero-order valence-corrected chi connectivity index (χ0v) is 11.9. The highest BCUT2D eigenvalue weighted by Crippen LogP contribution is 2.26. The lowest BCUT2D eigenvalue weighted by Crippen LogP contribution is -2.22. The molecule has 1 aromatic rings. The maximum atomic E-state index is 13.7. The van der Waals surface area contributed by atoms with Crippen LogP contribution in [0.5, 0.6) is 0 Å². The Morgan fingerprint density at radius 2 is 1.95 bits per heavy atom. The van der Waals surface area contributed by atoms with Gasteiger partial charge in [0, 0.05) is 12.6 Å². The summed E-state index contributed by atoms with van der Waals surface area (Å²) < 4.78 is 31.9. The number of ether oxygens (including phenoxy) is 1. The van der Waals surface area contributed by atoms with Crippen molar-refractivity contribution >= 4 is 17.7 Å². The lowest BCUT2D eigenvalue weighted by atomic mass is 10.2. The van der Waals surface area contributed by atoms with Gasteiger partial charge in [-0.1, -0.05) is 13.8 Å². The number of rotatable bonds is 6. The maximum Gasteiger partial charge on any atom is 0.315 e. The van der Waals surface area contributed by atoms with Crippen molar-refractivity contribution in [3.63, 3.8) is 0 Å². The first-order valence-electron chi connectivity index (χ1n) is 5.85. The van der Waals surface area contributed by atoms with Gasteiger partial charge in [0.1, 0.15) is 11.6 Å². The van der Waals surface area contributed by atoms with E-state index in [1.165, 1.54) is 19.2 Å². The van der Waals surface area contributed by atoms with Gasteiger partial charge < -0.3 is 10.1 Å². The van der Waals surface area contributed by atoms with Crippen molar-refractivity contribution < 1.29 is 18.3 Å². The molecule has 0 fully saturated rings. The molecule has 0 aromatic heterocycles. The molecule has 0 amide bonds. The van der Waals surface area contributed by atoms with E-state index in [1.807, 2.05) is 13.8 Å². The van der Waals surface area contributed by atoms with E-state index in [1.54, 1.807) is 0 Å². The Balaban J connectivity index is 2.76. The van der Waals surface area contributed by atoms with Gasteiger partial charge >= 0.3 is 5.97 Å². The highest BCUT2D eigenvalue weighted by atomic mass is 32.2. The largest absolute Gasteiger partial charge is 0.468 e. The number of thioether (sulfide) groups is 1. The van der Waals surface area contributed by atoms with E-state index >= 15 is 0 Å². The summed E-state index contributed by atoms with van der Waals surface area (Å²) in [5, 5.41) is 3.08. The van der Waals surface area contributed by atoms with Crippen LogP contribution in [0.2, 0.25) is 0 Å². The molecule has 0 saturated carbocycles. The molecule has 3 nitrogen and oxygen atoms in total. The predicted octanol–water partition coefficient (Wildman–Crippen LogP) is 2.73. The molecule has 0 saturated heterocycles. The van der Waals surface area contributed by atoms with Crippen molar-refractivity contribution in [2.24, 2.45) is 0 Å². The van der Waals surface area contributed by atoms with Gasteiger partial charge in [0.15, 0.2) is 0 Å². The normalized spacial score (nSPS) is 10.8. The summed E-state index contributed by atoms with van der Waals surface area (Å²) >= 11 is 0.794. The van der Waals surface area contributed by atoms with Gasteiger partial charge in [-0.15, -0.1) is 11.8 Å². The molecule has 1 N–H and O–H groups in total. The second-order valence-electron chi connectivity index (χ2n) is 4.29. The number of hydrogen-bond acceptors (Lipinski definition) is 4. The zero-order valence-electron chi connectivity index (χ0n) is 11.1.